The molecule has 0 unspecified atom stereocenters. The van der Waals surface area contributed by atoms with Crippen molar-refractivity contribution < 1.29 is 9.53 Å². The summed E-state index contributed by atoms with van der Waals surface area (Å²) in [6, 6.07) is 9.60. The Bertz CT molecular complexity index is 708. The van der Waals surface area contributed by atoms with Crippen LogP contribution < -0.4 is 9.64 Å². The van der Waals surface area contributed by atoms with E-state index in [2.05, 4.69) is 14.9 Å². The highest BCUT2D eigenvalue weighted by atomic mass is 16.5. The van der Waals surface area contributed by atoms with E-state index in [0.717, 1.165) is 31.7 Å². The smallest absolute Gasteiger partial charge is 0.259 e. The molecule has 3 rings (SSSR count). The monoisotopic (exact) mass is 340 g/mol. The summed E-state index contributed by atoms with van der Waals surface area (Å²) in [6.07, 6.45) is 5.46. The summed E-state index contributed by atoms with van der Waals surface area (Å²) in [5.74, 6) is 1.31. The van der Waals surface area contributed by atoms with E-state index >= 15 is 0 Å². The molecule has 6 nitrogen and oxygen atoms in total. The number of amides is 1. The maximum absolute atomic E-state index is 13.0. The molecule has 1 fully saturated rings. The van der Waals surface area contributed by atoms with Crippen LogP contribution >= 0.6 is 0 Å². The number of likely N-dealkylation sites (N-methyl/N-ethyl adjacent to an activating group) is 1. The molecule has 6 heteroatoms. The summed E-state index contributed by atoms with van der Waals surface area (Å²) in [5.41, 5.74) is 0.516. The van der Waals surface area contributed by atoms with Gasteiger partial charge in [-0.15, -0.1) is 0 Å². The average Bonchev–Trinajstić information content (AvgIpc) is 2.68. The minimum absolute atomic E-state index is 0.0515. The lowest BCUT2D eigenvalue weighted by Crippen LogP contribution is -2.49. The van der Waals surface area contributed by atoms with E-state index in [1.165, 1.54) is 0 Å². The minimum Gasteiger partial charge on any atom is -0.477 e. The number of nitrogens with zero attached hydrogens (tertiary/aromatic N) is 4. The maximum Gasteiger partial charge on any atom is 0.259 e. The normalized spacial score (nSPS) is 17.2. The van der Waals surface area contributed by atoms with Crippen molar-refractivity contribution in [3.05, 3.63) is 48.3 Å². The summed E-state index contributed by atoms with van der Waals surface area (Å²) >= 11 is 0. The lowest BCUT2D eigenvalue weighted by atomic mass is 10.0. The number of carbonyl (C=O) groups is 1. The van der Waals surface area contributed by atoms with Crippen LogP contribution in [0.4, 0.5) is 5.82 Å². The summed E-state index contributed by atoms with van der Waals surface area (Å²) in [5, 5.41) is 0. The number of carbonyl (C=O) groups excluding carboxylic acids is 1. The molecule has 1 saturated heterocycles. The van der Waals surface area contributed by atoms with Gasteiger partial charge in [0, 0.05) is 38.6 Å². The summed E-state index contributed by atoms with van der Waals surface area (Å²) in [7, 11) is 1.86. The molecule has 1 aliphatic rings. The molecule has 0 aromatic carbocycles. The third kappa shape index (κ3) is 3.90. The van der Waals surface area contributed by atoms with Crippen LogP contribution in [0, 0.1) is 0 Å². The molecule has 3 heterocycles. The molecule has 1 atom stereocenters. The van der Waals surface area contributed by atoms with Gasteiger partial charge in [0.2, 0.25) is 5.88 Å². The molecule has 1 amide bonds. The van der Waals surface area contributed by atoms with Crippen molar-refractivity contribution in [2.75, 3.05) is 31.6 Å². The van der Waals surface area contributed by atoms with E-state index < -0.39 is 0 Å². The molecular weight excluding hydrogens is 316 g/mol. The van der Waals surface area contributed by atoms with E-state index in [4.69, 9.17) is 4.74 Å². The number of aromatic nitrogens is 2. The third-order valence-corrected chi connectivity index (χ3v) is 4.52. The number of hydrogen-bond acceptors (Lipinski definition) is 5. The van der Waals surface area contributed by atoms with Gasteiger partial charge in [0.05, 0.1) is 6.61 Å². The molecule has 0 spiro atoms. The molecule has 2 aromatic rings. The number of rotatable bonds is 5. The first kappa shape index (κ1) is 17.2. The zero-order valence-corrected chi connectivity index (χ0v) is 14.8. The molecule has 2 aromatic heterocycles. The molecule has 0 N–H and O–H groups in total. The van der Waals surface area contributed by atoms with Crippen molar-refractivity contribution >= 4 is 11.7 Å². The zero-order valence-electron chi connectivity index (χ0n) is 14.8. The molecule has 0 aliphatic carbocycles. The Hall–Kier alpha value is -2.63. The fourth-order valence-electron chi connectivity index (χ4n) is 3.18. The second-order valence-electron chi connectivity index (χ2n) is 6.14. The number of pyridine rings is 2. The zero-order chi connectivity index (χ0) is 17.6. The second kappa shape index (κ2) is 7.96. The van der Waals surface area contributed by atoms with Crippen LogP contribution in [0.5, 0.6) is 5.88 Å². The first-order valence-electron chi connectivity index (χ1n) is 8.71. The van der Waals surface area contributed by atoms with Crippen LogP contribution in [0.2, 0.25) is 0 Å². The van der Waals surface area contributed by atoms with E-state index in [0.29, 0.717) is 18.1 Å². The van der Waals surface area contributed by atoms with Gasteiger partial charge in [0.15, 0.2) is 0 Å². The topological polar surface area (TPSA) is 58.6 Å². The largest absolute Gasteiger partial charge is 0.477 e. The fourth-order valence-corrected chi connectivity index (χ4v) is 3.18. The summed E-state index contributed by atoms with van der Waals surface area (Å²) in [4.78, 5) is 25.6. The Morgan fingerprint density at radius 2 is 2.12 bits per heavy atom. The first-order chi connectivity index (χ1) is 12.2. The molecule has 0 radical (unpaired) electrons. The number of piperidine rings is 1. The van der Waals surface area contributed by atoms with E-state index in [-0.39, 0.29) is 11.9 Å². The van der Waals surface area contributed by atoms with Gasteiger partial charge in [-0.1, -0.05) is 6.07 Å². The Morgan fingerprint density at radius 1 is 1.28 bits per heavy atom. The van der Waals surface area contributed by atoms with Crippen LogP contribution in [0.15, 0.2) is 42.7 Å². The predicted octanol–water partition coefficient (Wildman–Crippen LogP) is 2.62. The predicted molar refractivity (Wildman–Crippen MR) is 97.0 cm³/mol. The van der Waals surface area contributed by atoms with Gasteiger partial charge in [-0.2, -0.15) is 0 Å². The number of hydrogen-bond donors (Lipinski definition) is 0. The van der Waals surface area contributed by atoms with Gasteiger partial charge in [0.25, 0.3) is 5.91 Å². The lowest BCUT2D eigenvalue weighted by Gasteiger charge is -2.38. The maximum atomic E-state index is 13.0. The highest BCUT2D eigenvalue weighted by Gasteiger charge is 2.28. The molecule has 132 valence electrons. The van der Waals surface area contributed by atoms with Gasteiger partial charge in [-0.05, 0) is 44.0 Å². The van der Waals surface area contributed by atoms with Crippen LogP contribution in [-0.2, 0) is 0 Å². The van der Waals surface area contributed by atoms with Crippen molar-refractivity contribution in [3.8, 4) is 5.88 Å². The molecule has 1 aliphatic heterocycles. The minimum atomic E-state index is -0.0515. The Morgan fingerprint density at radius 3 is 2.88 bits per heavy atom. The van der Waals surface area contributed by atoms with E-state index in [1.807, 2.05) is 37.1 Å². The van der Waals surface area contributed by atoms with Crippen LogP contribution in [-0.4, -0.2) is 53.6 Å². The van der Waals surface area contributed by atoms with Crippen molar-refractivity contribution in [2.24, 2.45) is 0 Å². The highest BCUT2D eigenvalue weighted by molar-refractivity contribution is 5.96. The molecule has 25 heavy (non-hydrogen) atoms. The van der Waals surface area contributed by atoms with Crippen molar-refractivity contribution in [1.82, 2.24) is 14.9 Å². The van der Waals surface area contributed by atoms with Gasteiger partial charge in [-0.25, -0.2) is 9.97 Å². The van der Waals surface area contributed by atoms with E-state index in [1.54, 1.807) is 24.5 Å². The van der Waals surface area contributed by atoms with Crippen LogP contribution in [0.3, 0.4) is 0 Å². The van der Waals surface area contributed by atoms with Crippen molar-refractivity contribution in [3.63, 3.8) is 0 Å². The molecule has 0 saturated carbocycles. The summed E-state index contributed by atoms with van der Waals surface area (Å²) in [6.45, 7) is 4.12. The van der Waals surface area contributed by atoms with Gasteiger partial charge in [0.1, 0.15) is 11.4 Å². The third-order valence-electron chi connectivity index (χ3n) is 4.52. The average molecular weight is 340 g/mol. The Labute approximate surface area is 148 Å². The number of anilines is 1. The standard InChI is InChI=1S/C19H24N4O2/c1-3-25-18-16(9-6-12-21-18)19(24)22(2)15-8-7-13-23(14-15)17-10-4-5-11-20-17/h4-6,9-12,15H,3,7-8,13-14H2,1-2H3/t15-/m1/s1. The molecular formula is C19H24N4O2. The van der Waals surface area contributed by atoms with E-state index in [9.17, 15) is 4.79 Å². The van der Waals surface area contributed by atoms with Gasteiger partial charge in [-0.3, -0.25) is 4.79 Å². The summed E-state index contributed by atoms with van der Waals surface area (Å²) < 4.78 is 5.51. The second-order valence-corrected chi connectivity index (χ2v) is 6.14. The first-order valence-corrected chi connectivity index (χ1v) is 8.71. The van der Waals surface area contributed by atoms with Crippen molar-refractivity contribution in [1.29, 1.82) is 0 Å². The highest BCUT2D eigenvalue weighted by Crippen LogP contribution is 2.23. The quantitative estimate of drug-likeness (QED) is 0.837. The van der Waals surface area contributed by atoms with Gasteiger partial charge < -0.3 is 14.5 Å². The molecule has 0 bridgehead atoms. The van der Waals surface area contributed by atoms with Crippen LogP contribution in [0.1, 0.15) is 30.1 Å². The SMILES string of the molecule is CCOc1ncccc1C(=O)N(C)[C@@H]1CCCN(c2ccccn2)C1. The lowest BCUT2D eigenvalue weighted by molar-refractivity contribution is 0.0712. The Kier molecular flexibility index (Phi) is 5.48. The number of ether oxygens (including phenoxy) is 1. The van der Waals surface area contributed by atoms with Gasteiger partial charge >= 0.3 is 0 Å². The fraction of sp³-hybridized carbons (Fsp3) is 0.421. The van der Waals surface area contributed by atoms with Crippen LogP contribution in [0.25, 0.3) is 0 Å². The Balaban J connectivity index is 1.74. The van der Waals surface area contributed by atoms with Crippen molar-refractivity contribution in [2.45, 2.75) is 25.8 Å².